The second kappa shape index (κ2) is 5.66. The van der Waals surface area contributed by atoms with Crippen LogP contribution in [-0.2, 0) is 0 Å². The number of carbonyl (C=O) groups excluding carboxylic acids is 1. The van der Waals surface area contributed by atoms with Crippen LogP contribution in [0.2, 0.25) is 5.15 Å². The van der Waals surface area contributed by atoms with E-state index in [2.05, 4.69) is 20.5 Å². The third-order valence-corrected chi connectivity index (χ3v) is 2.86. The fraction of sp³-hybridized carbons (Fsp3) is 0.182. The zero-order chi connectivity index (χ0) is 14.7. The van der Waals surface area contributed by atoms with Gasteiger partial charge in [0, 0.05) is 11.8 Å². The Bertz CT molecular complexity index is 644. The molecule has 1 unspecified atom stereocenters. The highest BCUT2D eigenvalue weighted by Crippen LogP contribution is 2.21. The largest absolute Gasteiger partial charge is 0.345 e. The molecule has 0 aliphatic heterocycles. The van der Waals surface area contributed by atoms with E-state index < -0.39 is 16.5 Å². The van der Waals surface area contributed by atoms with Crippen LogP contribution in [0, 0.1) is 10.1 Å². The summed E-state index contributed by atoms with van der Waals surface area (Å²) in [6.07, 6.45) is 4.14. The van der Waals surface area contributed by atoms with E-state index in [0.29, 0.717) is 0 Å². The first-order chi connectivity index (χ1) is 9.49. The van der Waals surface area contributed by atoms with Gasteiger partial charge in [-0.2, -0.15) is 5.10 Å². The molecule has 20 heavy (non-hydrogen) atoms. The van der Waals surface area contributed by atoms with Crippen LogP contribution in [0.3, 0.4) is 0 Å². The lowest BCUT2D eigenvalue weighted by molar-refractivity contribution is -0.385. The Morgan fingerprint density at radius 3 is 2.90 bits per heavy atom. The molecule has 2 aromatic rings. The topological polar surface area (TPSA) is 114 Å². The third-order valence-electron chi connectivity index (χ3n) is 2.66. The minimum atomic E-state index is -0.680. The molecule has 1 atom stereocenters. The number of aromatic nitrogens is 3. The minimum absolute atomic E-state index is 0.0108. The van der Waals surface area contributed by atoms with Gasteiger partial charge in [-0.3, -0.25) is 20.0 Å². The quantitative estimate of drug-likeness (QED) is 0.507. The van der Waals surface area contributed by atoms with Crippen molar-refractivity contribution in [2.75, 3.05) is 0 Å². The minimum Gasteiger partial charge on any atom is -0.345 e. The molecule has 104 valence electrons. The molecule has 0 aliphatic rings. The monoisotopic (exact) mass is 295 g/mol. The Morgan fingerprint density at radius 1 is 1.55 bits per heavy atom. The molecule has 8 nitrogen and oxygen atoms in total. The van der Waals surface area contributed by atoms with Crippen LogP contribution in [0.25, 0.3) is 0 Å². The van der Waals surface area contributed by atoms with Crippen molar-refractivity contribution < 1.29 is 9.72 Å². The number of nitrogens with zero attached hydrogens (tertiary/aromatic N) is 3. The summed E-state index contributed by atoms with van der Waals surface area (Å²) in [5.74, 6) is -0.602. The molecule has 0 fully saturated rings. The maximum Gasteiger partial charge on any atom is 0.300 e. The fourth-order valence-electron chi connectivity index (χ4n) is 1.61. The summed E-state index contributed by atoms with van der Waals surface area (Å²) in [4.78, 5) is 25.9. The van der Waals surface area contributed by atoms with Crippen LogP contribution in [0.1, 0.15) is 28.9 Å². The van der Waals surface area contributed by atoms with E-state index in [-0.39, 0.29) is 16.8 Å². The lowest BCUT2D eigenvalue weighted by Crippen LogP contribution is -2.27. The van der Waals surface area contributed by atoms with Gasteiger partial charge in [0.05, 0.1) is 17.2 Å². The molecule has 2 heterocycles. The maximum atomic E-state index is 12.1. The van der Waals surface area contributed by atoms with Gasteiger partial charge in [-0.15, -0.1) is 0 Å². The van der Waals surface area contributed by atoms with Crippen molar-refractivity contribution in [1.82, 2.24) is 20.5 Å². The summed E-state index contributed by atoms with van der Waals surface area (Å²) >= 11 is 5.67. The number of amides is 1. The van der Waals surface area contributed by atoms with E-state index in [4.69, 9.17) is 11.6 Å². The lowest BCUT2D eigenvalue weighted by atomic mass is 10.1. The molecule has 0 aliphatic carbocycles. The van der Waals surface area contributed by atoms with Crippen molar-refractivity contribution in [2.45, 2.75) is 13.0 Å². The van der Waals surface area contributed by atoms with E-state index in [1.165, 1.54) is 0 Å². The van der Waals surface area contributed by atoms with Crippen molar-refractivity contribution in [3.05, 3.63) is 51.1 Å². The zero-order valence-electron chi connectivity index (χ0n) is 10.3. The smallest absolute Gasteiger partial charge is 0.300 e. The number of rotatable bonds is 4. The van der Waals surface area contributed by atoms with Gasteiger partial charge in [-0.1, -0.05) is 11.6 Å². The molecule has 2 rings (SSSR count). The normalized spacial score (nSPS) is 11.9. The highest BCUT2D eigenvalue weighted by atomic mass is 35.5. The third kappa shape index (κ3) is 2.91. The van der Waals surface area contributed by atoms with Crippen LogP contribution in [0.4, 0.5) is 5.69 Å². The average molecular weight is 296 g/mol. The van der Waals surface area contributed by atoms with Crippen molar-refractivity contribution in [3.8, 4) is 0 Å². The molecular formula is C11H10ClN5O3. The number of H-pyrrole nitrogens is 1. The van der Waals surface area contributed by atoms with Crippen molar-refractivity contribution in [1.29, 1.82) is 0 Å². The summed E-state index contributed by atoms with van der Waals surface area (Å²) in [6.45, 7) is 1.73. The average Bonchev–Trinajstić information content (AvgIpc) is 2.92. The summed E-state index contributed by atoms with van der Waals surface area (Å²) in [5, 5.41) is 19.9. The molecule has 2 aromatic heterocycles. The molecule has 0 aromatic carbocycles. The van der Waals surface area contributed by atoms with Gasteiger partial charge in [0.25, 0.3) is 11.6 Å². The number of nitro groups is 1. The number of hydrogen-bond donors (Lipinski definition) is 2. The molecular weight excluding hydrogens is 286 g/mol. The predicted octanol–water partition coefficient (Wildman–Crippen LogP) is 1.86. The van der Waals surface area contributed by atoms with Gasteiger partial charge < -0.3 is 5.32 Å². The fourth-order valence-corrected chi connectivity index (χ4v) is 1.76. The molecule has 1 amide bonds. The Balaban J connectivity index is 2.25. The number of nitrogens with one attached hydrogen (secondary N) is 2. The van der Waals surface area contributed by atoms with Crippen LogP contribution in [-0.4, -0.2) is 26.0 Å². The van der Waals surface area contributed by atoms with Crippen LogP contribution < -0.4 is 5.32 Å². The number of aromatic amines is 1. The Hall–Kier alpha value is -2.48. The van der Waals surface area contributed by atoms with Gasteiger partial charge in [-0.25, -0.2) is 4.98 Å². The van der Waals surface area contributed by atoms with Crippen LogP contribution >= 0.6 is 11.6 Å². The number of halogens is 1. The van der Waals surface area contributed by atoms with Crippen LogP contribution in [0.15, 0.2) is 24.7 Å². The number of carbonyl (C=O) groups is 1. The summed E-state index contributed by atoms with van der Waals surface area (Å²) in [6, 6.07) is 0.810. The van der Waals surface area contributed by atoms with E-state index in [0.717, 1.165) is 17.8 Å². The van der Waals surface area contributed by atoms with Gasteiger partial charge in [0.1, 0.15) is 16.9 Å². The van der Waals surface area contributed by atoms with E-state index >= 15 is 0 Å². The first-order valence-electron chi connectivity index (χ1n) is 5.58. The summed E-state index contributed by atoms with van der Waals surface area (Å²) in [7, 11) is 0. The molecule has 0 bridgehead atoms. The molecule has 2 N–H and O–H groups in total. The highest BCUT2D eigenvalue weighted by Gasteiger charge is 2.23. The molecule has 0 spiro atoms. The summed E-state index contributed by atoms with van der Waals surface area (Å²) in [5.41, 5.74) is 0.220. The molecule has 0 radical (unpaired) electrons. The van der Waals surface area contributed by atoms with Gasteiger partial charge in [0.15, 0.2) is 0 Å². The van der Waals surface area contributed by atoms with E-state index in [1.54, 1.807) is 19.3 Å². The second-order valence-corrected chi connectivity index (χ2v) is 4.40. The van der Waals surface area contributed by atoms with Gasteiger partial charge in [0.2, 0.25) is 0 Å². The number of pyridine rings is 1. The molecule has 0 saturated carbocycles. The summed E-state index contributed by atoms with van der Waals surface area (Å²) < 4.78 is 0. The molecule has 9 heteroatoms. The Morgan fingerprint density at radius 2 is 2.30 bits per heavy atom. The Labute approximate surface area is 118 Å². The first-order valence-corrected chi connectivity index (χ1v) is 5.96. The highest BCUT2D eigenvalue weighted by molar-refractivity contribution is 6.29. The van der Waals surface area contributed by atoms with Crippen molar-refractivity contribution in [2.24, 2.45) is 0 Å². The standard InChI is InChI=1S/C11H10ClN5O3/c1-6(7-3-14-15-4-7)16-11(18)8-2-10(12)13-5-9(8)17(19)20/h2-6H,1H3,(H,14,15)(H,16,18). The Kier molecular flexibility index (Phi) is 3.94. The van der Waals surface area contributed by atoms with Crippen LogP contribution in [0.5, 0.6) is 0 Å². The zero-order valence-corrected chi connectivity index (χ0v) is 11.1. The van der Waals surface area contributed by atoms with Crippen molar-refractivity contribution in [3.63, 3.8) is 0 Å². The second-order valence-electron chi connectivity index (χ2n) is 4.01. The van der Waals surface area contributed by atoms with Crippen molar-refractivity contribution >= 4 is 23.2 Å². The first kappa shape index (κ1) is 13.9. The maximum absolute atomic E-state index is 12.1. The van der Waals surface area contributed by atoms with E-state index in [9.17, 15) is 14.9 Å². The van der Waals surface area contributed by atoms with E-state index in [1.807, 2.05) is 0 Å². The lowest BCUT2D eigenvalue weighted by Gasteiger charge is -2.12. The van der Waals surface area contributed by atoms with Gasteiger partial charge in [-0.05, 0) is 13.0 Å². The predicted molar refractivity (Wildman–Crippen MR) is 70.4 cm³/mol. The number of hydrogen-bond acceptors (Lipinski definition) is 5. The molecule has 0 saturated heterocycles. The SMILES string of the molecule is CC(NC(=O)c1cc(Cl)ncc1[N+](=O)[O-])c1cn[nH]c1. The van der Waals surface area contributed by atoms with Gasteiger partial charge >= 0.3 is 0 Å².